The van der Waals surface area contributed by atoms with Gasteiger partial charge in [-0.25, -0.2) is 0 Å². The first-order valence-corrected chi connectivity index (χ1v) is 2.59. The van der Waals surface area contributed by atoms with E-state index in [0.717, 1.165) is 0 Å². The fourth-order valence-corrected chi connectivity index (χ4v) is 0.359. The fourth-order valence-electron chi connectivity index (χ4n) is 0.359. The van der Waals surface area contributed by atoms with Crippen LogP contribution >= 0.6 is 0 Å². The highest BCUT2D eigenvalue weighted by Crippen LogP contribution is 1.91. The number of Topliss-reactive ketones (excluding diaryl/α,β-unsaturated/α-hetero) is 1. The van der Waals surface area contributed by atoms with Crippen molar-refractivity contribution in [2.45, 2.75) is 12.2 Å². The third-order valence-electron chi connectivity index (χ3n) is 0.959. The SMILES string of the molecule is O=CC(=O)C(O)C(O)CO. The normalized spacial score (nSPS) is 15.9. The maximum atomic E-state index is 10.2. The van der Waals surface area contributed by atoms with Crippen molar-refractivity contribution in [2.24, 2.45) is 0 Å². The van der Waals surface area contributed by atoms with Crippen LogP contribution in [0, 0.1) is 0 Å². The zero-order chi connectivity index (χ0) is 8.15. The molecule has 0 saturated heterocycles. The van der Waals surface area contributed by atoms with E-state index in [4.69, 9.17) is 15.3 Å². The number of rotatable bonds is 4. The largest absolute Gasteiger partial charge is 0.394 e. The lowest BCUT2D eigenvalue weighted by Crippen LogP contribution is -2.36. The van der Waals surface area contributed by atoms with Gasteiger partial charge in [-0.15, -0.1) is 0 Å². The van der Waals surface area contributed by atoms with Crippen LogP contribution < -0.4 is 0 Å². The molecule has 0 aromatic heterocycles. The monoisotopic (exact) mass is 148 g/mol. The molecule has 2 unspecified atom stereocenters. The van der Waals surface area contributed by atoms with Crippen molar-refractivity contribution < 1.29 is 24.9 Å². The average Bonchev–Trinajstić information content (AvgIpc) is 2.00. The molecular weight excluding hydrogens is 140 g/mol. The molecule has 0 aromatic rings. The summed E-state index contributed by atoms with van der Waals surface area (Å²) >= 11 is 0. The van der Waals surface area contributed by atoms with E-state index in [9.17, 15) is 9.59 Å². The van der Waals surface area contributed by atoms with E-state index >= 15 is 0 Å². The highest BCUT2D eigenvalue weighted by molar-refractivity contribution is 6.27. The second kappa shape index (κ2) is 4.10. The molecule has 10 heavy (non-hydrogen) atoms. The minimum atomic E-state index is -1.80. The number of aldehydes is 1. The van der Waals surface area contributed by atoms with Crippen LogP contribution in [0.1, 0.15) is 0 Å². The van der Waals surface area contributed by atoms with Gasteiger partial charge in [0, 0.05) is 0 Å². The van der Waals surface area contributed by atoms with Gasteiger partial charge in [-0.3, -0.25) is 9.59 Å². The van der Waals surface area contributed by atoms with Crippen molar-refractivity contribution in [1.29, 1.82) is 0 Å². The molecule has 0 spiro atoms. The molecule has 0 fully saturated rings. The summed E-state index contributed by atoms with van der Waals surface area (Å²) in [6.07, 6.45) is -3.48. The highest BCUT2D eigenvalue weighted by Gasteiger charge is 2.22. The van der Waals surface area contributed by atoms with Crippen LogP contribution in [0.2, 0.25) is 0 Å². The number of ketones is 1. The summed E-state index contributed by atoms with van der Waals surface area (Å²) in [6, 6.07) is 0. The Kier molecular flexibility index (Phi) is 3.78. The molecule has 0 amide bonds. The van der Waals surface area contributed by atoms with Crippen molar-refractivity contribution in [1.82, 2.24) is 0 Å². The summed E-state index contributed by atoms with van der Waals surface area (Å²) in [6.45, 7) is -0.749. The molecule has 0 heterocycles. The lowest BCUT2D eigenvalue weighted by molar-refractivity contribution is -0.140. The lowest BCUT2D eigenvalue weighted by atomic mass is 10.1. The number of carbonyl (C=O) groups is 2. The Morgan fingerprint density at radius 1 is 1.50 bits per heavy atom. The van der Waals surface area contributed by atoms with E-state index in [1.807, 2.05) is 0 Å². The topological polar surface area (TPSA) is 94.8 Å². The molecule has 0 rings (SSSR count). The molecule has 0 aliphatic carbocycles. The first kappa shape index (κ1) is 9.22. The molecular formula is C5H8O5. The first-order valence-electron chi connectivity index (χ1n) is 2.59. The number of hydrogen-bond donors (Lipinski definition) is 3. The van der Waals surface area contributed by atoms with Gasteiger partial charge in [-0.1, -0.05) is 0 Å². The summed E-state index contributed by atoms with van der Waals surface area (Å²) in [7, 11) is 0. The molecule has 0 aliphatic heterocycles. The van der Waals surface area contributed by atoms with E-state index < -0.39 is 24.6 Å². The molecule has 0 aromatic carbocycles. The number of aliphatic hydroxyl groups is 3. The third-order valence-corrected chi connectivity index (χ3v) is 0.959. The molecule has 0 aliphatic rings. The molecule has 58 valence electrons. The number of carbonyl (C=O) groups excluding carboxylic acids is 2. The first-order chi connectivity index (χ1) is 4.63. The Morgan fingerprint density at radius 2 is 2.00 bits per heavy atom. The minimum Gasteiger partial charge on any atom is -0.394 e. The van der Waals surface area contributed by atoms with Gasteiger partial charge in [0.2, 0.25) is 5.78 Å². The van der Waals surface area contributed by atoms with Gasteiger partial charge >= 0.3 is 0 Å². The van der Waals surface area contributed by atoms with Crippen LogP contribution in [-0.4, -0.2) is 46.2 Å². The second-order valence-corrected chi connectivity index (χ2v) is 1.71. The number of hydrogen-bond acceptors (Lipinski definition) is 5. The van der Waals surface area contributed by atoms with E-state index in [1.54, 1.807) is 0 Å². The van der Waals surface area contributed by atoms with Gasteiger partial charge in [0.05, 0.1) is 6.61 Å². The zero-order valence-corrected chi connectivity index (χ0v) is 5.10. The van der Waals surface area contributed by atoms with Crippen LogP contribution in [0.4, 0.5) is 0 Å². The summed E-state index contributed by atoms with van der Waals surface area (Å²) in [5, 5.41) is 25.3. The van der Waals surface area contributed by atoms with Crippen molar-refractivity contribution in [2.75, 3.05) is 6.61 Å². The summed E-state index contributed by atoms with van der Waals surface area (Å²) in [5.74, 6) is -1.14. The van der Waals surface area contributed by atoms with Crippen molar-refractivity contribution in [3.05, 3.63) is 0 Å². The molecule has 2 atom stereocenters. The predicted octanol–water partition coefficient (Wildman–Crippen LogP) is -2.53. The Hall–Kier alpha value is -0.780. The standard InChI is InChI=1S/C5H8O5/c6-1-3(8)5(10)4(9)2-7/h1,4-5,7,9-10H,2H2. The summed E-state index contributed by atoms with van der Waals surface area (Å²) < 4.78 is 0. The Morgan fingerprint density at radius 3 is 2.30 bits per heavy atom. The quantitative estimate of drug-likeness (QED) is 0.302. The van der Waals surface area contributed by atoms with Crippen molar-refractivity contribution >= 4 is 12.1 Å². The zero-order valence-electron chi connectivity index (χ0n) is 5.10. The summed E-state index contributed by atoms with van der Waals surface area (Å²) in [5.41, 5.74) is 0. The van der Waals surface area contributed by atoms with Crippen LogP contribution in [0.15, 0.2) is 0 Å². The maximum Gasteiger partial charge on any atom is 0.226 e. The maximum absolute atomic E-state index is 10.2. The molecule has 0 bridgehead atoms. The van der Waals surface area contributed by atoms with Crippen LogP contribution in [0.25, 0.3) is 0 Å². The minimum absolute atomic E-state index is 0.108. The smallest absolute Gasteiger partial charge is 0.226 e. The van der Waals surface area contributed by atoms with E-state index in [2.05, 4.69) is 0 Å². The van der Waals surface area contributed by atoms with E-state index in [1.165, 1.54) is 0 Å². The van der Waals surface area contributed by atoms with Gasteiger partial charge < -0.3 is 15.3 Å². The van der Waals surface area contributed by atoms with E-state index in [0.29, 0.717) is 0 Å². The lowest BCUT2D eigenvalue weighted by Gasteiger charge is -2.09. The van der Waals surface area contributed by atoms with Crippen molar-refractivity contribution in [3.63, 3.8) is 0 Å². The van der Waals surface area contributed by atoms with Crippen LogP contribution in [0.3, 0.4) is 0 Å². The van der Waals surface area contributed by atoms with Crippen molar-refractivity contribution in [3.8, 4) is 0 Å². The highest BCUT2D eigenvalue weighted by atomic mass is 16.4. The fraction of sp³-hybridized carbons (Fsp3) is 0.600. The van der Waals surface area contributed by atoms with Crippen LogP contribution in [-0.2, 0) is 9.59 Å². The average molecular weight is 148 g/mol. The molecule has 5 nitrogen and oxygen atoms in total. The van der Waals surface area contributed by atoms with Gasteiger partial charge in [0.25, 0.3) is 0 Å². The number of aliphatic hydroxyl groups excluding tert-OH is 3. The third kappa shape index (κ3) is 2.22. The predicted molar refractivity (Wildman–Crippen MR) is 30.2 cm³/mol. The molecule has 0 radical (unpaired) electrons. The molecule has 5 heteroatoms. The van der Waals surface area contributed by atoms with Gasteiger partial charge in [0.1, 0.15) is 12.2 Å². The molecule has 0 saturated carbocycles. The Balaban J connectivity index is 3.93. The Labute approximate surface area is 56.9 Å². The van der Waals surface area contributed by atoms with Gasteiger partial charge in [0.15, 0.2) is 6.29 Å². The Bertz CT molecular complexity index is 132. The van der Waals surface area contributed by atoms with Crippen LogP contribution in [0.5, 0.6) is 0 Å². The molecule has 3 N–H and O–H groups in total. The van der Waals surface area contributed by atoms with E-state index in [-0.39, 0.29) is 6.29 Å². The van der Waals surface area contributed by atoms with Gasteiger partial charge in [-0.05, 0) is 0 Å². The summed E-state index contributed by atoms with van der Waals surface area (Å²) in [4.78, 5) is 19.9. The van der Waals surface area contributed by atoms with Gasteiger partial charge in [-0.2, -0.15) is 0 Å². The second-order valence-electron chi connectivity index (χ2n) is 1.71.